The van der Waals surface area contributed by atoms with Crippen molar-refractivity contribution >= 4 is 23.4 Å². The molecule has 2 N–H and O–H groups in total. The quantitative estimate of drug-likeness (QED) is 0.130. The summed E-state index contributed by atoms with van der Waals surface area (Å²) in [7, 11) is 1.56. The molecule has 0 spiro atoms. The predicted octanol–water partition coefficient (Wildman–Crippen LogP) is 8.86. The first kappa shape index (κ1) is 34.6. The molecular weight excluding hydrogens is 609 g/mol. The molecule has 0 aliphatic carbocycles. The number of halogens is 1. The number of hydrogen-bond donors (Lipinski definition) is 2. The van der Waals surface area contributed by atoms with Gasteiger partial charge in [-0.05, 0) is 100.0 Å². The molecule has 0 saturated carbocycles. The lowest BCUT2D eigenvalue weighted by Gasteiger charge is -2.26. The van der Waals surface area contributed by atoms with Gasteiger partial charge >= 0.3 is 6.09 Å². The molecule has 1 aromatic heterocycles. The van der Waals surface area contributed by atoms with Gasteiger partial charge in [0.1, 0.15) is 5.75 Å². The summed E-state index contributed by atoms with van der Waals surface area (Å²) in [6.45, 7) is 9.82. The van der Waals surface area contributed by atoms with Crippen molar-refractivity contribution < 1.29 is 23.4 Å². The molecule has 1 fully saturated rings. The van der Waals surface area contributed by atoms with E-state index in [1.165, 1.54) is 25.3 Å². The number of methoxy groups -OCH3 is 1. The van der Waals surface area contributed by atoms with Crippen LogP contribution < -0.4 is 24.8 Å². The van der Waals surface area contributed by atoms with E-state index in [1.807, 2.05) is 44.2 Å². The Morgan fingerprint density at radius 1 is 0.958 bits per heavy atom. The number of anilines is 3. The van der Waals surface area contributed by atoms with Gasteiger partial charge in [0, 0.05) is 29.9 Å². The van der Waals surface area contributed by atoms with Gasteiger partial charge in [0.25, 0.3) is 0 Å². The fourth-order valence-electron chi connectivity index (χ4n) is 5.78. The maximum Gasteiger partial charge on any atom is 0.418 e. The van der Waals surface area contributed by atoms with Crippen LogP contribution in [-0.4, -0.2) is 54.3 Å². The highest BCUT2D eigenvalue weighted by Gasteiger charge is 2.17. The van der Waals surface area contributed by atoms with Gasteiger partial charge in [-0.25, -0.2) is 14.2 Å². The van der Waals surface area contributed by atoms with E-state index in [0.717, 1.165) is 67.6 Å². The monoisotopic (exact) mass is 655 g/mol. The molecule has 1 saturated heterocycles. The first-order chi connectivity index (χ1) is 23.3. The minimum atomic E-state index is -0.737. The predicted molar refractivity (Wildman–Crippen MR) is 188 cm³/mol. The van der Waals surface area contributed by atoms with E-state index < -0.39 is 11.9 Å². The van der Waals surface area contributed by atoms with Gasteiger partial charge in [0.2, 0.25) is 11.8 Å². The second-order valence-electron chi connectivity index (χ2n) is 12.2. The highest BCUT2D eigenvalue weighted by molar-refractivity contribution is 5.88. The van der Waals surface area contributed by atoms with E-state index in [9.17, 15) is 4.79 Å². The highest BCUT2D eigenvalue weighted by Crippen LogP contribution is 2.31. The van der Waals surface area contributed by atoms with Gasteiger partial charge in [-0.1, -0.05) is 44.0 Å². The molecule has 5 rings (SSSR count). The summed E-state index contributed by atoms with van der Waals surface area (Å²) >= 11 is 0. The fourth-order valence-corrected chi connectivity index (χ4v) is 5.78. The largest absolute Gasteiger partial charge is 0.495 e. The Hall–Kier alpha value is -4.70. The number of hydrogen-bond acceptors (Lipinski definition) is 8. The summed E-state index contributed by atoms with van der Waals surface area (Å²) < 4.78 is 32.0. The SMILES string of the molecule is CCCCc1ccc(NC(=O)Oc2cc(-c3cccc(C)c3C)nc(Nc3ccc(OCCCN4CCCCC4)c(F)c3)n2)c(OC)c1. The Labute approximate surface area is 282 Å². The molecule has 0 unspecified atom stereocenters. The number of carbonyl (C=O) groups excluding carboxylic acids is 1. The van der Waals surface area contributed by atoms with Gasteiger partial charge < -0.3 is 24.4 Å². The second kappa shape index (κ2) is 16.9. The molecule has 1 aliphatic heterocycles. The summed E-state index contributed by atoms with van der Waals surface area (Å²) in [5.74, 6) is 0.406. The number of piperidine rings is 1. The van der Waals surface area contributed by atoms with Crippen molar-refractivity contribution in [3.05, 3.63) is 83.2 Å². The zero-order valence-electron chi connectivity index (χ0n) is 28.4. The Balaban J connectivity index is 1.31. The number of nitrogens with one attached hydrogen (secondary N) is 2. The number of carbonyl (C=O) groups is 1. The molecule has 0 atom stereocenters. The van der Waals surface area contributed by atoms with Crippen molar-refractivity contribution in [2.45, 2.75) is 65.7 Å². The molecule has 1 aliphatic rings. The smallest absolute Gasteiger partial charge is 0.418 e. The van der Waals surface area contributed by atoms with Gasteiger partial charge in [-0.15, -0.1) is 0 Å². The lowest BCUT2D eigenvalue weighted by atomic mass is 10.0. The number of unbranched alkanes of at least 4 members (excludes halogenated alkanes) is 1. The van der Waals surface area contributed by atoms with E-state index >= 15 is 4.39 Å². The number of benzene rings is 3. The number of likely N-dealkylation sites (tertiary alicyclic amines) is 1. The lowest BCUT2D eigenvalue weighted by molar-refractivity contribution is 0.203. The molecule has 1 amide bonds. The molecule has 10 heteroatoms. The van der Waals surface area contributed by atoms with Crippen LogP contribution in [0.2, 0.25) is 0 Å². The summed E-state index contributed by atoms with van der Waals surface area (Å²) in [4.78, 5) is 24.7. The number of nitrogens with zero attached hydrogens (tertiary/aromatic N) is 3. The van der Waals surface area contributed by atoms with Crippen LogP contribution in [0, 0.1) is 19.7 Å². The number of ether oxygens (including phenoxy) is 3. The average Bonchev–Trinajstić information content (AvgIpc) is 3.08. The normalized spacial score (nSPS) is 13.2. The van der Waals surface area contributed by atoms with Crippen molar-refractivity contribution in [1.82, 2.24) is 14.9 Å². The van der Waals surface area contributed by atoms with Crippen LogP contribution >= 0.6 is 0 Å². The standard InChI is InChI=1S/C38H46FN5O4/c1-5-6-13-28-15-17-32(35(23-28)46-4)42-38(45)48-36-25-33(30-14-10-12-26(2)27(30)3)41-37(43-36)40-29-16-18-34(31(39)24-29)47-22-11-21-44-19-8-7-9-20-44/h10,12,14-18,23-25H,5-9,11,13,19-22H2,1-4H3,(H,42,45)(H,40,41,43). The van der Waals surface area contributed by atoms with E-state index in [1.54, 1.807) is 31.4 Å². The van der Waals surface area contributed by atoms with Crippen molar-refractivity contribution in [1.29, 1.82) is 0 Å². The Morgan fingerprint density at radius 2 is 1.79 bits per heavy atom. The number of aryl methyl sites for hydroxylation is 2. The summed E-state index contributed by atoms with van der Waals surface area (Å²) in [6, 6.07) is 17.8. The second-order valence-corrected chi connectivity index (χ2v) is 12.2. The van der Waals surface area contributed by atoms with Gasteiger partial charge in [-0.2, -0.15) is 4.98 Å². The molecule has 0 radical (unpaired) electrons. The van der Waals surface area contributed by atoms with Gasteiger partial charge in [0.15, 0.2) is 11.6 Å². The van der Waals surface area contributed by atoms with Crippen molar-refractivity contribution in [2.24, 2.45) is 0 Å². The van der Waals surface area contributed by atoms with Crippen LogP contribution in [0.25, 0.3) is 11.3 Å². The Bertz CT molecular complexity index is 1690. The summed E-state index contributed by atoms with van der Waals surface area (Å²) in [5, 5.41) is 5.84. The lowest BCUT2D eigenvalue weighted by Crippen LogP contribution is -2.31. The van der Waals surface area contributed by atoms with Crippen LogP contribution in [0.1, 0.15) is 62.1 Å². The third-order valence-corrected chi connectivity index (χ3v) is 8.62. The summed E-state index contributed by atoms with van der Waals surface area (Å²) in [6.07, 6.45) is 6.96. The van der Waals surface area contributed by atoms with E-state index in [4.69, 9.17) is 19.2 Å². The third kappa shape index (κ3) is 9.44. The first-order valence-electron chi connectivity index (χ1n) is 16.9. The Kier molecular flexibility index (Phi) is 12.2. The first-order valence-corrected chi connectivity index (χ1v) is 16.9. The maximum absolute atomic E-state index is 15.1. The topological polar surface area (TPSA) is 97.8 Å². The third-order valence-electron chi connectivity index (χ3n) is 8.62. The van der Waals surface area contributed by atoms with Crippen molar-refractivity contribution in [3.63, 3.8) is 0 Å². The van der Waals surface area contributed by atoms with Crippen LogP contribution in [0.5, 0.6) is 17.4 Å². The van der Waals surface area contributed by atoms with E-state index in [-0.39, 0.29) is 17.6 Å². The van der Waals surface area contributed by atoms with Crippen molar-refractivity contribution in [3.8, 4) is 28.6 Å². The Morgan fingerprint density at radius 3 is 2.56 bits per heavy atom. The van der Waals surface area contributed by atoms with Crippen LogP contribution in [0.3, 0.4) is 0 Å². The van der Waals surface area contributed by atoms with E-state index in [2.05, 4.69) is 27.4 Å². The van der Waals surface area contributed by atoms with Gasteiger partial charge in [-0.3, -0.25) is 5.32 Å². The summed E-state index contributed by atoms with van der Waals surface area (Å²) in [5.41, 5.74) is 5.55. The molecular formula is C38H46FN5O4. The van der Waals surface area contributed by atoms with E-state index in [0.29, 0.717) is 29.4 Å². The maximum atomic E-state index is 15.1. The fraction of sp³-hybridized carbons (Fsp3) is 0.395. The molecule has 4 aromatic rings. The molecule has 254 valence electrons. The molecule has 2 heterocycles. The van der Waals surface area contributed by atoms with Crippen molar-refractivity contribution in [2.75, 3.05) is 44.0 Å². The average molecular weight is 656 g/mol. The molecule has 9 nitrogen and oxygen atoms in total. The zero-order chi connectivity index (χ0) is 33.9. The number of rotatable bonds is 14. The number of aromatic nitrogens is 2. The zero-order valence-corrected chi connectivity index (χ0v) is 28.4. The minimum Gasteiger partial charge on any atom is -0.495 e. The van der Waals surface area contributed by atoms with Crippen LogP contribution in [0.15, 0.2) is 60.7 Å². The molecule has 48 heavy (non-hydrogen) atoms. The van der Waals surface area contributed by atoms with Gasteiger partial charge in [0.05, 0.1) is 25.1 Å². The van der Waals surface area contributed by atoms with Crippen LogP contribution in [0.4, 0.5) is 26.5 Å². The number of amides is 1. The molecule has 0 bridgehead atoms. The molecule has 3 aromatic carbocycles. The van der Waals surface area contributed by atoms with Crippen LogP contribution in [-0.2, 0) is 6.42 Å². The minimum absolute atomic E-state index is 0.0218. The highest BCUT2D eigenvalue weighted by atomic mass is 19.1.